The smallest absolute Gasteiger partial charge is 0.146 e. The van der Waals surface area contributed by atoms with Crippen molar-refractivity contribution >= 4 is 21.7 Å². The standard InChI is InChI=1S/C10H15BrN4/c1-7-4-8(12)2-3-15(7)10-9(11)5-13-6-14-10/h5-8H,2-4,12H2,1H3. The van der Waals surface area contributed by atoms with E-state index in [1.807, 2.05) is 0 Å². The highest BCUT2D eigenvalue weighted by atomic mass is 79.9. The van der Waals surface area contributed by atoms with Crippen molar-refractivity contribution in [2.75, 3.05) is 11.4 Å². The first-order valence-corrected chi connectivity index (χ1v) is 5.95. The normalized spacial score (nSPS) is 26.7. The summed E-state index contributed by atoms with van der Waals surface area (Å²) in [5.41, 5.74) is 5.93. The number of piperidine rings is 1. The molecular formula is C10H15BrN4. The zero-order valence-corrected chi connectivity index (χ0v) is 10.3. The lowest BCUT2D eigenvalue weighted by atomic mass is 9.99. The number of halogens is 1. The summed E-state index contributed by atoms with van der Waals surface area (Å²) in [5, 5.41) is 0. The van der Waals surface area contributed by atoms with Gasteiger partial charge in [0.25, 0.3) is 0 Å². The average Bonchev–Trinajstić information content (AvgIpc) is 2.20. The second-order valence-corrected chi connectivity index (χ2v) is 4.88. The first-order valence-electron chi connectivity index (χ1n) is 5.16. The van der Waals surface area contributed by atoms with Gasteiger partial charge in [-0.1, -0.05) is 0 Å². The third-order valence-electron chi connectivity index (χ3n) is 2.84. The Labute approximate surface area is 98.0 Å². The molecule has 1 aliphatic heterocycles. The van der Waals surface area contributed by atoms with Gasteiger partial charge in [-0.15, -0.1) is 0 Å². The van der Waals surface area contributed by atoms with Gasteiger partial charge in [0.2, 0.25) is 0 Å². The summed E-state index contributed by atoms with van der Waals surface area (Å²) in [6, 6.07) is 0.775. The van der Waals surface area contributed by atoms with E-state index in [9.17, 15) is 0 Å². The fraction of sp³-hybridized carbons (Fsp3) is 0.600. The molecule has 0 spiro atoms. The summed E-state index contributed by atoms with van der Waals surface area (Å²) in [4.78, 5) is 10.6. The number of anilines is 1. The average molecular weight is 271 g/mol. The molecule has 0 amide bonds. The van der Waals surface area contributed by atoms with Gasteiger partial charge in [-0.2, -0.15) is 0 Å². The lowest BCUT2D eigenvalue weighted by Crippen LogP contribution is -2.46. The first-order chi connectivity index (χ1) is 7.18. The van der Waals surface area contributed by atoms with E-state index in [-0.39, 0.29) is 0 Å². The van der Waals surface area contributed by atoms with Crippen LogP contribution in [-0.4, -0.2) is 28.6 Å². The highest BCUT2D eigenvalue weighted by molar-refractivity contribution is 9.10. The lowest BCUT2D eigenvalue weighted by molar-refractivity contribution is 0.426. The summed E-state index contributed by atoms with van der Waals surface area (Å²) in [7, 11) is 0. The minimum Gasteiger partial charge on any atom is -0.353 e. The van der Waals surface area contributed by atoms with Crippen LogP contribution in [-0.2, 0) is 0 Å². The van der Waals surface area contributed by atoms with E-state index >= 15 is 0 Å². The molecule has 2 N–H and O–H groups in total. The number of hydrogen-bond acceptors (Lipinski definition) is 4. The molecule has 1 aromatic heterocycles. The molecule has 1 aromatic rings. The summed E-state index contributed by atoms with van der Waals surface area (Å²) >= 11 is 3.48. The number of hydrogen-bond donors (Lipinski definition) is 1. The molecule has 5 heteroatoms. The van der Waals surface area contributed by atoms with Crippen LogP contribution in [0.3, 0.4) is 0 Å². The zero-order valence-electron chi connectivity index (χ0n) is 8.73. The molecule has 0 radical (unpaired) electrons. The molecule has 82 valence electrons. The number of nitrogens with zero attached hydrogens (tertiary/aromatic N) is 3. The van der Waals surface area contributed by atoms with Crippen LogP contribution in [0, 0.1) is 0 Å². The Bertz CT molecular complexity index is 344. The van der Waals surface area contributed by atoms with E-state index in [0.29, 0.717) is 12.1 Å². The zero-order chi connectivity index (χ0) is 10.8. The van der Waals surface area contributed by atoms with Gasteiger partial charge >= 0.3 is 0 Å². The topological polar surface area (TPSA) is 55.0 Å². The quantitative estimate of drug-likeness (QED) is 0.842. The van der Waals surface area contributed by atoms with Gasteiger partial charge in [0.15, 0.2) is 0 Å². The molecule has 4 nitrogen and oxygen atoms in total. The Morgan fingerprint density at radius 3 is 3.07 bits per heavy atom. The second kappa shape index (κ2) is 4.45. The van der Waals surface area contributed by atoms with Crippen LogP contribution in [0.5, 0.6) is 0 Å². The Hall–Kier alpha value is -0.680. The van der Waals surface area contributed by atoms with Gasteiger partial charge in [-0.3, -0.25) is 0 Å². The summed E-state index contributed by atoms with van der Waals surface area (Å²) in [5.74, 6) is 0.976. The maximum Gasteiger partial charge on any atom is 0.146 e. The Morgan fingerprint density at radius 2 is 2.40 bits per heavy atom. The Kier molecular flexibility index (Phi) is 3.21. The largest absolute Gasteiger partial charge is 0.353 e. The predicted molar refractivity (Wildman–Crippen MR) is 63.7 cm³/mol. The van der Waals surface area contributed by atoms with E-state index in [2.05, 4.69) is 37.7 Å². The maximum absolute atomic E-state index is 5.93. The molecule has 2 atom stereocenters. The van der Waals surface area contributed by atoms with Crippen LogP contribution >= 0.6 is 15.9 Å². The van der Waals surface area contributed by atoms with Crippen molar-refractivity contribution < 1.29 is 0 Å². The van der Waals surface area contributed by atoms with E-state index < -0.39 is 0 Å². The van der Waals surface area contributed by atoms with E-state index in [1.54, 1.807) is 12.5 Å². The van der Waals surface area contributed by atoms with Crippen molar-refractivity contribution in [3.05, 3.63) is 17.0 Å². The first kappa shape index (κ1) is 10.8. The minimum atomic E-state index is 0.330. The van der Waals surface area contributed by atoms with E-state index in [1.165, 1.54) is 0 Å². The predicted octanol–water partition coefficient (Wildman–Crippen LogP) is 1.56. The fourth-order valence-corrected chi connectivity index (χ4v) is 2.49. The van der Waals surface area contributed by atoms with Crippen LogP contribution < -0.4 is 10.6 Å². The monoisotopic (exact) mass is 270 g/mol. The Morgan fingerprint density at radius 1 is 1.60 bits per heavy atom. The molecular weight excluding hydrogens is 256 g/mol. The van der Waals surface area contributed by atoms with Crippen LogP contribution in [0.1, 0.15) is 19.8 Å². The molecule has 0 saturated carbocycles. The van der Waals surface area contributed by atoms with Gasteiger partial charge < -0.3 is 10.6 Å². The highest BCUT2D eigenvalue weighted by Crippen LogP contribution is 2.27. The molecule has 2 unspecified atom stereocenters. The molecule has 1 aliphatic rings. The number of rotatable bonds is 1. The molecule has 0 aromatic carbocycles. The van der Waals surface area contributed by atoms with Crippen LogP contribution in [0.15, 0.2) is 17.0 Å². The van der Waals surface area contributed by atoms with Crippen molar-refractivity contribution in [1.82, 2.24) is 9.97 Å². The summed E-state index contributed by atoms with van der Waals surface area (Å²) in [6.45, 7) is 3.16. The van der Waals surface area contributed by atoms with Crippen molar-refractivity contribution in [1.29, 1.82) is 0 Å². The van der Waals surface area contributed by atoms with Crippen molar-refractivity contribution in [3.8, 4) is 0 Å². The van der Waals surface area contributed by atoms with E-state index in [0.717, 1.165) is 29.7 Å². The van der Waals surface area contributed by atoms with Crippen molar-refractivity contribution in [2.45, 2.75) is 31.8 Å². The third kappa shape index (κ3) is 2.29. The molecule has 15 heavy (non-hydrogen) atoms. The second-order valence-electron chi connectivity index (χ2n) is 4.02. The van der Waals surface area contributed by atoms with Gasteiger partial charge in [-0.25, -0.2) is 9.97 Å². The SMILES string of the molecule is CC1CC(N)CCN1c1ncncc1Br. The molecule has 0 aliphatic carbocycles. The Balaban J connectivity index is 2.20. The molecule has 2 heterocycles. The molecule has 2 rings (SSSR count). The van der Waals surface area contributed by atoms with Gasteiger partial charge in [-0.05, 0) is 35.7 Å². The third-order valence-corrected chi connectivity index (χ3v) is 3.40. The number of aromatic nitrogens is 2. The fourth-order valence-electron chi connectivity index (χ4n) is 2.04. The van der Waals surface area contributed by atoms with Crippen LogP contribution in [0.4, 0.5) is 5.82 Å². The maximum atomic E-state index is 5.93. The van der Waals surface area contributed by atoms with Crippen LogP contribution in [0.2, 0.25) is 0 Å². The van der Waals surface area contributed by atoms with Gasteiger partial charge in [0.05, 0.1) is 4.47 Å². The highest BCUT2D eigenvalue weighted by Gasteiger charge is 2.25. The van der Waals surface area contributed by atoms with Crippen molar-refractivity contribution in [2.24, 2.45) is 5.73 Å². The van der Waals surface area contributed by atoms with E-state index in [4.69, 9.17) is 5.73 Å². The lowest BCUT2D eigenvalue weighted by Gasteiger charge is -2.37. The molecule has 1 fully saturated rings. The van der Waals surface area contributed by atoms with Gasteiger partial charge in [0, 0.05) is 24.8 Å². The number of nitrogens with two attached hydrogens (primary N) is 1. The van der Waals surface area contributed by atoms with Gasteiger partial charge in [0.1, 0.15) is 12.1 Å². The summed E-state index contributed by atoms with van der Waals surface area (Å²) in [6.07, 6.45) is 5.42. The van der Waals surface area contributed by atoms with Crippen molar-refractivity contribution in [3.63, 3.8) is 0 Å². The van der Waals surface area contributed by atoms with Crippen LogP contribution in [0.25, 0.3) is 0 Å². The minimum absolute atomic E-state index is 0.330. The molecule has 0 bridgehead atoms. The molecule has 1 saturated heterocycles. The summed E-state index contributed by atoms with van der Waals surface area (Å²) < 4.78 is 0.951.